The first kappa shape index (κ1) is 21.8. The van der Waals surface area contributed by atoms with Gasteiger partial charge in [0.05, 0.1) is 19.4 Å². The molecule has 5 rings (SSSR count). The Morgan fingerprint density at radius 3 is 2.74 bits per heavy atom. The van der Waals surface area contributed by atoms with Crippen molar-refractivity contribution in [3.8, 4) is 22.9 Å². The number of carbonyl (C=O) groups is 2. The first-order valence-electron chi connectivity index (χ1n) is 10.4. The van der Waals surface area contributed by atoms with Crippen LogP contribution in [0, 0.1) is 0 Å². The van der Waals surface area contributed by atoms with Gasteiger partial charge in [-0.15, -0.1) is 0 Å². The first-order valence-corrected chi connectivity index (χ1v) is 10.8. The molecule has 0 aliphatic carbocycles. The van der Waals surface area contributed by atoms with Crippen LogP contribution in [-0.2, 0) is 16.1 Å². The third kappa shape index (κ3) is 3.73. The number of hydrogen-bond acceptors (Lipinski definition) is 10. The van der Waals surface area contributed by atoms with E-state index in [1.807, 2.05) is 6.92 Å². The minimum absolute atomic E-state index is 0.00817. The Labute approximate surface area is 198 Å². The van der Waals surface area contributed by atoms with Gasteiger partial charge in [-0.25, -0.2) is 4.90 Å². The third-order valence-electron chi connectivity index (χ3n) is 5.41. The lowest BCUT2D eigenvalue weighted by molar-refractivity contribution is -0.123. The van der Waals surface area contributed by atoms with Crippen molar-refractivity contribution in [3.05, 3.63) is 53.4 Å². The van der Waals surface area contributed by atoms with Crippen molar-refractivity contribution in [1.29, 1.82) is 0 Å². The Morgan fingerprint density at radius 2 is 1.97 bits per heavy atom. The molecule has 2 atom stereocenters. The van der Waals surface area contributed by atoms with Crippen LogP contribution in [-0.4, -0.2) is 52.8 Å². The number of amides is 2. The molecule has 3 aromatic rings. The van der Waals surface area contributed by atoms with Crippen molar-refractivity contribution >= 4 is 29.1 Å². The van der Waals surface area contributed by atoms with Gasteiger partial charge in [0, 0.05) is 10.6 Å². The van der Waals surface area contributed by atoms with E-state index in [1.54, 1.807) is 49.6 Å². The predicted molar refractivity (Wildman–Crippen MR) is 119 cm³/mol. The van der Waals surface area contributed by atoms with Gasteiger partial charge in [-0.2, -0.15) is 10.1 Å². The fraction of sp³-hybridized carbons (Fsp3) is 0.273. The zero-order chi connectivity index (χ0) is 23.8. The summed E-state index contributed by atoms with van der Waals surface area (Å²) in [6, 6.07) is 9.98. The minimum atomic E-state index is -0.941. The monoisotopic (exact) mass is 482 g/mol. The molecule has 2 aliphatic heterocycles. The molecule has 11 nitrogen and oxygen atoms in total. The zero-order valence-corrected chi connectivity index (χ0v) is 19.0. The van der Waals surface area contributed by atoms with E-state index in [2.05, 4.69) is 20.5 Å². The maximum absolute atomic E-state index is 13.1. The standard InChI is InChI=1S/C22H19ClN6O5/c1-3-33-15-8-7-12(9-16(15)32-2)20-24-17(34-26-20)11-28-19-18(25-27-28)21(30)29(22(19)31)14-6-4-5-13(23)10-14/h4-10,18-19H,3,11H2,1-2H3/t18-,19+/m1/s1. The van der Waals surface area contributed by atoms with E-state index in [0.29, 0.717) is 40.2 Å². The number of carbonyl (C=O) groups excluding carboxylic acids is 2. The Bertz CT molecular complexity index is 1290. The first-order chi connectivity index (χ1) is 16.5. The van der Waals surface area contributed by atoms with Crippen LogP contribution in [0.1, 0.15) is 12.8 Å². The highest BCUT2D eigenvalue weighted by molar-refractivity contribution is 6.31. The molecule has 2 aliphatic rings. The van der Waals surface area contributed by atoms with Gasteiger partial charge in [0.25, 0.3) is 11.8 Å². The molecule has 0 saturated carbocycles. The largest absolute Gasteiger partial charge is 0.493 e. The number of ether oxygens (including phenoxy) is 2. The van der Waals surface area contributed by atoms with Crippen molar-refractivity contribution in [3.63, 3.8) is 0 Å². The van der Waals surface area contributed by atoms with Crippen molar-refractivity contribution in [2.45, 2.75) is 25.6 Å². The zero-order valence-electron chi connectivity index (χ0n) is 18.2. The molecule has 34 heavy (non-hydrogen) atoms. The summed E-state index contributed by atoms with van der Waals surface area (Å²) < 4.78 is 16.3. The number of halogens is 1. The Kier molecular flexibility index (Phi) is 5.62. The van der Waals surface area contributed by atoms with E-state index in [9.17, 15) is 9.59 Å². The molecule has 0 bridgehead atoms. The van der Waals surface area contributed by atoms with E-state index >= 15 is 0 Å². The summed E-state index contributed by atoms with van der Waals surface area (Å²) >= 11 is 6.03. The molecule has 0 spiro atoms. The molecule has 0 radical (unpaired) electrons. The van der Waals surface area contributed by atoms with Crippen molar-refractivity contribution < 1.29 is 23.6 Å². The summed E-state index contributed by atoms with van der Waals surface area (Å²) in [7, 11) is 1.55. The highest BCUT2D eigenvalue weighted by Gasteiger charge is 2.55. The molecule has 174 valence electrons. The van der Waals surface area contributed by atoms with Crippen LogP contribution in [0.5, 0.6) is 11.5 Å². The predicted octanol–water partition coefficient (Wildman–Crippen LogP) is 3.29. The molecule has 0 N–H and O–H groups in total. The van der Waals surface area contributed by atoms with Gasteiger partial charge in [-0.1, -0.05) is 28.0 Å². The van der Waals surface area contributed by atoms with E-state index < -0.39 is 23.9 Å². The van der Waals surface area contributed by atoms with E-state index in [0.717, 1.165) is 4.90 Å². The van der Waals surface area contributed by atoms with Crippen molar-refractivity contribution in [2.24, 2.45) is 10.3 Å². The molecule has 1 aromatic heterocycles. The molecular formula is C22H19ClN6O5. The Hall–Kier alpha value is -3.99. The fourth-order valence-electron chi connectivity index (χ4n) is 3.88. The molecule has 0 unspecified atom stereocenters. The third-order valence-corrected chi connectivity index (χ3v) is 5.65. The minimum Gasteiger partial charge on any atom is -0.493 e. The van der Waals surface area contributed by atoms with E-state index in [4.69, 9.17) is 25.6 Å². The van der Waals surface area contributed by atoms with Crippen LogP contribution in [0.2, 0.25) is 5.02 Å². The van der Waals surface area contributed by atoms with Gasteiger partial charge in [-0.05, 0) is 43.3 Å². The number of nitrogens with zero attached hydrogens (tertiary/aromatic N) is 6. The van der Waals surface area contributed by atoms with Crippen LogP contribution < -0.4 is 14.4 Å². The normalized spacial score (nSPS) is 19.1. The van der Waals surface area contributed by atoms with Crippen LogP contribution in [0.15, 0.2) is 57.3 Å². The van der Waals surface area contributed by atoms with Crippen molar-refractivity contribution in [1.82, 2.24) is 15.1 Å². The summed E-state index contributed by atoms with van der Waals surface area (Å²) in [4.78, 5) is 31.4. The van der Waals surface area contributed by atoms with Gasteiger partial charge in [0.1, 0.15) is 6.54 Å². The lowest BCUT2D eigenvalue weighted by Crippen LogP contribution is -2.39. The summed E-state index contributed by atoms with van der Waals surface area (Å²) in [6.45, 7) is 2.40. The van der Waals surface area contributed by atoms with Gasteiger partial charge >= 0.3 is 0 Å². The number of rotatable bonds is 7. The molecule has 2 amide bonds. The topological polar surface area (TPSA) is 123 Å². The number of anilines is 1. The second-order valence-corrected chi connectivity index (χ2v) is 7.93. The Balaban J connectivity index is 1.34. The number of hydrogen-bond donors (Lipinski definition) is 0. The number of aromatic nitrogens is 2. The lowest BCUT2D eigenvalue weighted by Gasteiger charge is -2.19. The maximum Gasteiger partial charge on any atom is 0.263 e. The number of fused-ring (bicyclic) bond motifs is 1. The van der Waals surface area contributed by atoms with Gasteiger partial charge in [0.2, 0.25) is 11.7 Å². The fourth-order valence-corrected chi connectivity index (χ4v) is 4.06. The van der Waals surface area contributed by atoms with E-state index in [-0.39, 0.29) is 12.4 Å². The second kappa shape index (κ2) is 8.75. The number of methoxy groups -OCH3 is 1. The smallest absolute Gasteiger partial charge is 0.263 e. The second-order valence-electron chi connectivity index (χ2n) is 7.49. The quantitative estimate of drug-likeness (QED) is 0.470. The molecule has 1 saturated heterocycles. The summed E-state index contributed by atoms with van der Waals surface area (Å²) in [6.07, 6.45) is 0. The average Bonchev–Trinajstić information content (AvgIpc) is 3.52. The summed E-state index contributed by atoms with van der Waals surface area (Å²) in [5.41, 5.74) is 1.05. The van der Waals surface area contributed by atoms with Gasteiger partial charge in [0.15, 0.2) is 23.6 Å². The highest BCUT2D eigenvalue weighted by atomic mass is 35.5. The lowest BCUT2D eigenvalue weighted by atomic mass is 10.1. The molecule has 1 fully saturated rings. The van der Waals surface area contributed by atoms with E-state index in [1.165, 1.54) is 5.01 Å². The van der Waals surface area contributed by atoms with Crippen LogP contribution in [0.3, 0.4) is 0 Å². The molecule has 12 heteroatoms. The maximum atomic E-state index is 13.1. The number of benzene rings is 2. The van der Waals surface area contributed by atoms with Crippen LogP contribution >= 0.6 is 11.6 Å². The van der Waals surface area contributed by atoms with Crippen LogP contribution in [0.25, 0.3) is 11.4 Å². The number of imide groups is 1. The highest BCUT2D eigenvalue weighted by Crippen LogP contribution is 2.34. The Morgan fingerprint density at radius 1 is 1.12 bits per heavy atom. The van der Waals surface area contributed by atoms with Crippen molar-refractivity contribution in [2.75, 3.05) is 18.6 Å². The summed E-state index contributed by atoms with van der Waals surface area (Å²) in [5, 5.41) is 13.8. The molecular weight excluding hydrogens is 464 g/mol. The molecule has 2 aromatic carbocycles. The molecule has 3 heterocycles. The van der Waals surface area contributed by atoms with Gasteiger partial charge in [-0.3, -0.25) is 14.6 Å². The van der Waals surface area contributed by atoms with Crippen LogP contribution in [0.4, 0.5) is 5.69 Å². The SMILES string of the molecule is CCOc1ccc(-c2noc(CN3N=N[C@H]4C(=O)N(c5cccc(Cl)c5)C(=O)[C@H]43)n2)cc1OC. The summed E-state index contributed by atoms with van der Waals surface area (Å²) in [5.74, 6) is 0.782. The van der Waals surface area contributed by atoms with Gasteiger partial charge < -0.3 is 14.0 Å². The average molecular weight is 483 g/mol.